The lowest BCUT2D eigenvalue weighted by Crippen LogP contribution is -2.19. The monoisotopic (exact) mass is 527 g/mol. The number of halogens is 5. The van der Waals surface area contributed by atoms with Crippen LogP contribution in [0, 0.1) is 11.6 Å². The third-order valence-corrected chi connectivity index (χ3v) is 6.00. The molecule has 0 fully saturated rings. The van der Waals surface area contributed by atoms with Crippen molar-refractivity contribution in [3.05, 3.63) is 114 Å². The minimum atomic E-state index is -4.55. The van der Waals surface area contributed by atoms with Crippen LogP contribution in [0.2, 0.25) is 0 Å². The first-order valence-electron chi connectivity index (χ1n) is 12.1. The Morgan fingerprint density at radius 2 is 1.58 bits per heavy atom. The highest BCUT2D eigenvalue weighted by atomic mass is 19.4. The van der Waals surface area contributed by atoms with E-state index in [1.54, 1.807) is 24.4 Å². The van der Waals surface area contributed by atoms with E-state index in [1.165, 1.54) is 6.07 Å². The van der Waals surface area contributed by atoms with Gasteiger partial charge < -0.3 is 9.47 Å². The molecule has 0 N–H and O–H groups in total. The van der Waals surface area contributed by atoms with Crippen molar-refractivity contribution in [2.24, 2.45) is 0 Å². The molecule has 0 atom stereocenters. The molecule has 1 aromatic heterocycles. The highest BCUT2D eigenvalue weighted by Gasteiger charge is 2.29. The van der Waals surface area contributed by atoms with E-state index in [9.17, 15) is 17.6 Å². The second-order valence-electron chi connectivity index (χ2n) is 8.85. The van der Waals surface area contributed by atoms with E-state index in [0.717, 1.165) is 41.6 Å². The molecule has 0 radical (unpaired) electrons. The standard InChI is InChI=1S/C30H26F5NO2/c1-2-15-37-25-12-11-24(36-18-25)10-4-20-5-13-26-23(16-20)9-8-22(29(26)32)7-3-21-6-14-28(27(31)17-21)38-19-30(33,34)35/h2,5-6,8-9,11-14,16-18H,1,3-4,7,10,15,19H2. The molecule has 4 aromatic rings. The van der Waals surface area contributed by atoms with Gasteiger partial charge in [0.1, 0.15) is 18.2 Å². The lowest BCUT2D eigenvalue weighted by Gasteiger charge is -2.11. The van der Waals surface area contributed by atoms with Gasteiger partial charge in [0, 0.05) is 11.1 Å². The molecule has 198 valence electrons. The maximum atomic E-state index is 15.2. The maximum Gasteiger partial charge on any atom is 0.422 e. The summed E-state index contributed by atoms with van der Waals surface area (Å²) in [5.41, 5.74) is 2.99. The third-order valence-electron chi connectivity index (χ3n) is 6.00. The number of fused-ring (bicyclic) bond motifs is 1. The minimum absolute atomic E-state index is 0.309. The molecule has 0 spiro atoms. The number of aryl methyl sites for hydroxylation is 4. The Labute approximate surface area is 217 Å². The van der Waals surface area contributed by atoms with Crippen molar-refractivity contribution < 1.29 is 31.4 Å². The Balaban J connectivity index is 1.37. The fourth-order valence-corrected chi connectivity index (χ4v) is 4.06. The molecule has 0 saturated heterocycles. The lowest BCUT2D eigenvalue weighted by atomic mass is 9.98. The first-order chi connectivity index (χ1) is 18.2. The zero-order chi connectivity index (χ0) is 27.1. The van der Waals surface area contributed by atoms with Gasteiger partial charge in [-0.05, 0) is 72.0 Å². The SMILES string of the molecule is C=CCOc1ccc(CCc2ccc3c(F)c(CCc4ccc(OCC(F)(F)F)c(F)c4)ccc3c2)nc1. The largest absolute Gasteiger partial charge is 0.488 e. The van der Waals surface area contributed by atoms with E-state index in [2.05, 4.69) is 16.3 Å². The molecule has 4 rings (SSSR count). The van der Waals surface area contributed by atoms with Gasteiger partial charge >= 0.3 is 6.18 Å². The molecule has 0 bridgehead atoms. The summed E-state index contributed by atoms with van der Waals surface area (Å²) in [5, 5.41) is 1.28. The second-order valence-corrected chi connectivity index (χ2v) is 8.85. The van der Waals surface area contributed by atoms with Gasteiger partial charge in [0.25, 0.3) is 0 Å². The van der Waals surface area contributed by atoms with Gasteiger partial charge in [-0.25, -0.2) is 8.78 Å². The van der Waals surface area contributed by atoms with Gasteiger partial charge in [0.15, 0.2) is 18.2 Å². The van der Waals surface area contributed by atoms with Crippen molar-refractivity contribution in [3.63, 3.8) is 0 Å². The quantitative estimate of drug-likeness (QED) is 0.149. The number of pyridine rings is 1. The van der Waals surface area contributed by atoms with Crippen LogP contribution in [0.3, 0.4) is 0 Å². The molecule has 1 heterocycles. The number of nitrogens with zero attached hydrogens (tertiary/aromatic N) is 1. The highest BCUT2D eigenvalue weighted by molar-refractivity contribution is 5.84. The lowest BCUT2D eigenvalue weighted by molar-refractivity contribution is -0.153. The highest BCUT2D eigenvalue weighted by Crippen LogP contribution is 2.26. The van der Waals surface area contributed by atoms with Crippen LogP contribution < -0.4 is 9.47 Å². The summed E-state index contributed by atoms with van der Waals surface area (Å²) in [4.78, 5) is 4.41. The van der Waals surface area contributed by atoms with Gasteiger partial charge in [-0.15, -0.1) is 0 Å². The Morgan fingerprint density at radius 3 is 2.29 bits per heavy atom. The number of ether oxygens (including phenoxy) is 2. The molecule has 0 amide bonds. The van der Waals surface area contributed by atoms with Crippen LogP contribution in [-0.4, -0.2) is 24.4 Å². The molecule has 3 nitrogen and oxygen atoms in total. The maximum absolute atomic E-state index is 15.2. The van der Waals surface area contributed by atoms with E-state index in [0.29, 0.717) is 41.7 Å². The molecular formula is C30H26F5NO2. The van der Waals surface area contributed by atoms with Crippen LogP contribution >= 0.6 is 0 Å². The zero-order valence-corrected chi connectivity index (χ0v) is 20.5. The molecule has 0 aliphatic heterocycles. The van der Waals surface area contributed by atoms with Crippen LogP contribution in [-0.2, 0) is 25.7 Å². The number of hydrogen-bond donors (Lipinski definition) is 0. The average molecular weight is 528 g/mol. The Bertz CT molecular complexity index is 1400. The van der Waals surface area contributed by atoms with Crippen molar-refractivity contribution in [1.82, 2.24) is 4.98 Å². The Kier molecular flexibility index (Phi) is 8.61. The summed E-state index contributed by atoms with van der Waals surface area (Å²) in [6.45, 7) is 2.47. The molecule has 0 aliphatic rings. The van der Waals surface area contributed by atoms with Crippen molar-refractivity contribution in [3.8, 4) is 11.5 Å². The fourth-order valence-electron chi connectivity index (χ4n) is 4.06. The normalized spacial score (nSPS) is 11.5. The summed E-state index contributed by atoms with van der Waals surface area (Å²) in [6.07, 6.45) is 0.899. The van der Waals surface area contributed by atoms with E-state index in [1.807, 2.05) is 30.3 Å². The van der Waals surface area contributed by atoms with E-state index in [4.69, 9.17) is 4.74 Å². The molecule has 3 aromatic carbocycles. The number of aromatic nitrogens is 1. The van der Waals surface area contributed by atoms with Gasteiger partial charge in [-0.3, -0.25) is 4.98 Å². The van der Waals surface area contributed by atoms with Crippen LogP contribution in [0.25, 0.3) is 10.8 Å². The smallest absolute Gasteiger partial charge is 0.422 e. The summed E-state index contributed by atoms with van der Waals surface area (Å²) in [5.74, 6) is -1.01. The molecular weight excluding hydrogens is 501 g/mol. The van der Waals surface area contributed by atoms with E-state index >= 15 is 4.39 Å². The first kappa shape index (κ1) is 27.1. The molecule has 0 aliphatic carbocycles. The van der Waals surface area contributed by atoms with Crippen LogP contribution in [0.5, 0.6) is 11.5 Å². The topological polar surface area (TPSA) is 31.4 Å². The number of hydrogen-bond acceptors (Lipinski definition) is 3. The van der Waals surface area contributed by atoms with Crippen LogP contribution in [0.15, 0.2) is 79.5 Å². The van der Waals surface area contributed by atoms with E-state index in [-0.39, 0.29) is 5.82 Å². The number of alkyl halides is 3. The molecule has 38 heavy (non-hydrogen) atoms. The molecule has 0 unspecified atom stereocenters. The van der Waals surface area contributed by atoms with Crippen LogP contribution in [0.4, 0.5) is 22.0 Å². The molecule has 0 saturated carbocycles. The van der Waals surface area contributed by atoms with Gasteiger partial charge in [0.2, 0.25) is 0 Å². The minimum Gasteiger partial charge on any atom is -0.488 e. The van der Waals surface area contributed by atoms with Gasteiger partial charge in [0.05, 0.1) is 6.20 Å². The van der Waals surface area contributed by atoms with Crippen molar-refractivity contribution in [2.75, 3.05) is 13.2 Å². The summed E-state index contributed by atoms with van der Waals surface area (Å²) >= 11 is 0. The summed E-state index contributed by atoms with van der Waals surface area (Å²) < 4.78 is 76.1. The summed E-state index contributed by atoms with van der Waals surface area (Å²) in [7, 11) is 0. The van der Waals surface area contributed by atoms with Crippen molar-refractivity contribution in [1.29, 1.82) is 0 Å². The van der Waals surface area contributed by atoms with Gasteiger partial charge in [-0.2, -0.15) is 13.2 Å². The average Bonchev–Trinajstić information content (AvgIpc) is 2.90. The third kappa shape index (κ3) is 7.31. The zero-order valence-electron chi connectivity index (χ0n) is 20.5. The Morgan fingerprint density at radius 1 is 0.816 bits per heavy atom. The van der Waals surface area contributed by atoms with Gasteiger partial charge in [-0.1, -0.05) is 49.1 Å². The van der Waals surface area contributed by atoms with Crippen molar-refractivity contribution >= 4 is 10.8 Å². The predicted molar refractivity (Wildman–Crippen MR) is 137 cm³/mol. The van der Waals surface area contributed by atoms with Crippen LogP contribution in [0.1, 0.15) is 22.4 Å². The summed E-state index contributed by atoms with van der Waals surface area (Å²) in [6, 6.07) is 16.7. The number of benzene rings is 3. The molecule has 8 heteroatoms. The van der Waals surface area contributed by atoms with E-state index < -0.39 is 24.3 Å². The Hall–Kier alpha value is -3.94. The first-order valence-corrected chi connectivity index (χ1v) is 12.1. The second kappa shape index (κ2) is 12.1. The predicted octanol–water partition coefficient (Wildman–Crippen LogP) is 7.59. The fraction of sp³-hybridized carbons (Fsp3) is 0.233. The number of rotatable bonds is 11. The van der Waals surface area contributed by atoms with Crippen molar-refractivity contribution in [2.45, 2.75) is 31.9 Å².